The van der Waals surface area contributed by atoms with E-state index in [0.717, 1.165) is 45.8 Å². The van der Waals surface area contributed by atoms with Gasteiger partial charge in [-0.25, -0.2) is 4.99 Å². The van der Waals surface area contributed by atoms with Gasteiger partial charge in [-0.05, 0) is 66.5 Å². The van der Waals surface area contributed by atoms with Gasteiger partial charge in [0.25, 0.3) is 0 Å². The molecule has 0 aliphatic heterocycles. The lowest BCUT2D eigenvalue weighted by Gasteiger charge is -2.16. The predicted molar refractivity (Wildman–Crippen MR) is 153 cm³/mol. The van der Waals surface area contributed by atoms with Gasteiger partial charge in [-0.2, -0.15) is 0 Å². The third-order valence-electron chi connectivity index (χ3n) is 6.26. The molecule has 3 rings (SSSR count). The summed E-state index contributed by atoms with van der Waals surface area (Å²) in [6.45, 7) is 15.0. The van der Waals surface area contributed by atoms with E-state index in [-0.39, 0.29) is 0 Å². The molecule has 0 amide bonds. The first-order valence-corrected chi connectivity index (χ1v) is 12.9. The minimum Gasteiger partial charge on any atom is -0.257 e. The lowest BCUT2D eigenvalue weighted by molar-refractivity contribution is 0.767. The van der Waals surface area contributed by atoms with Crippen molar-refractivity contribution in [3.63, 3.8) is 0 Å². The molecule has 1 heterocycles. The summed E-state index contributed by atoms with van der Waals surface area (Å²) in [4.78, 5) is 9.76. The van der Waals surface area contributed by atoms with Crippen LogP contribution in [0.4, 0.5) is 0 Å². The predicted octanol–water partition coefficient (Wildman–Crippen LogP) is 9.77. The molecule has 0 aliphatic carbocycles. The van der Waals surface area contributed by atoms with Gasteiger partial charge in [0.05, 0.1) is 11.4 Å². The van der Waals surface area contributed by atoms with Crippen LogP contribution in [0.15, 0.2) is 88.5 Å². The van der Waals surface area contributed by atoms with Gasteiger partial charge in [0.15, 0.2) is 0 Å². The molecule has 0 N–H and O–H groups in total. The maximum atomic E-state index is 6.52. The number of hydrogen-bond acceptors (Lipinski definition) is 2. The van der Waals surface area contributed by atoms with Crippen molar-refractivity contribution in [2.45, 2.75) is 66.7 Å². The third kappa shape index (κ3) is 6.80. The zero-order chi connectivity index (χ0) is 25.5. The molecule has 2 nitrogen and oxygen atoms in total. The van der Waals surface area contributed by atoms with Crippen LogP contribution < -0.4 is 0 Å². The smallest absolute Gasteiger partial charge is 0.128 e. The molecular formula is C32H37ClN2. The lowest BCUT2D eigenvalue weighted by atomic mass is 9.94. The van der Waals surface area contributed by atoms with Crippen LogP contribution in [0.25, 0.3) is 16.7 Å². The Morgan fingerprint density at radius 3 is 2.09 bits per heavy atom. The van der Waals surface area contributed by atoms with Crippen LogP contribution in [0.2, 0.25) is 0 Å². The number of aliphatic imine (C=N–C) groups is 1. The van der Waals surface area contributed by atoms with Crippen molar-refractivity contribution in [1.82, 2.24) is 4.98 Å². The van der Waals surface area contributed by atoms with Crippen LogP contribution in [0, 0.1) is 0 Å². The summed E-state index contributed by atoms with van der Waals surface area (Å²) in [6, 6.07) is 23.3. The molecular weight excluding hydrogens is 448 g/mol. The molecule has 0 radical (unpaired) electrons. The van der Waals surface area contributed by atoms with Gasteiger partial charge in [-0.1, -0.05) is 107 Å². The number of benzene rings is 2. The monoisotopic (exact) mass is 484 g/mol. The second-order valence-corrected chi connectivity index (χ2v) is 10.0. The number of aromatic nitrogens is 1. The van der Waals surface area contributed by atoms with E-state index in [4.69, 9.17) is 21.6 Å². The van der Waals surface area contributed by atoms with Crippen molar-refractivity contribution in [2.75, 3.05) is 0 Å². The summed E-state index contributed by atoms with van der Waals surface area (Å²) in [5.74, 6) is 0.778. The molecule has 0 spiro atoms. The second-order valence-electron chi connectivity index (χ2n) is 9.67. The van der Waals surface area contributed by atoms with Crippen LogP contribution >= 0.6 is 11.6 Å². The van der Waals surface area contributed by atoms with Gasteiger partial charge < -0.3 is 0 Å². The number of hydrogen-bond donors (Lipinski definition) is 0. The Kier molecular flexibility index (Phi) is 9.23. The molecule has 0 atom stereocenters. The Morgan fingerprint density at radius 1 is 0.857 bits per heavy atom. The standard InChI is InChI=1S/C32H37ClN2/c1-8-23(6)32(33)35-30(27-12-10-9-11-13-27)20-24(7)25-14-16-26(17-15-25)28-18-19-29(21(2)3)34-31(28)22(4)5/h9-22H,8H2,1-7H3/b24-20+,32-23+,35-30+. The average Bonchev–Trinajstić information content (AvgIpc) is 2.87. The van der Waals surface area contributed by atoms with Gasteiger partial charge in [0, 0.05) is 16.8 Å². The molecule has 0 aliphatic rings. The lowest BCUT2D eigenvalue weighted by Crippen LogP contribution is -2.02. The van der Waals surface area contributed by atoms with E-state index >= 15 is 0 Å². The summed E-state index contributed by atoms with van der Waals surface area (Å²) >= 11 is 6.52. The van der Waals surface area contributed by atoms with E-state index in [9.17, 15) is 0 Å². The van der Waals surface area contributed by atoms with Gasteiger partial charge in [-0.15, -0.1) is 0 Å². The van der Waals surface area contributed by atoms with Gasteiger partial charge in [0.1, 0.15) is 5.16 Å². The molecule has 2 aromatic carbocycles. The van der Waals surface area contributed by atoms with Crippen LogP contribution in [-0.4, -0.2) is 10.7 Å². The topological polar surface area (TPSA) is 25.2 Å². The van der Waals surface area contributed by atoms with Crippen molar-refractivity contribution in [3.05, 3.63) is 106 Å². The molecule has 0 saturated heterocycles. The molecule has 0 bridgehead atoms. The first-order valence-electron chi connectivity index (χ1n) is 12.5. The first-order chi connectivity index (χ1) is 16.7. The van der Waals surface area contributed by atoms with Crippen molar-refractivity contribution < 1.29 is 0 Å². The number of nitrogens with zero attached hydrogens (tertiary/aromatic N) is 2. The molecule has 3 heteroatoms. The van der Waals surface area contributed by atoms with Gasteiger partial charge in [-0.3, -0.25) is 4.98 Å². The minimum absolute atomic E-state index is 0.360. The zero-order valence-corrected chi connectivity index (χ0v) is 22.8. The van der Waals surface area contributed by atoms with E-state index in [1.807, 2.05) is 25.1 Å². The maximum Gasteiger partial charge on any atom is 0.128 e. The molecule has 3 aromatic rings. The first kappa shape index (κ1) is 26.6. The van der Waals surface area contributed by atoms with E-state index in [1.165, 1.54) is 11.1 Å². The molecule has 182 valence electrons. The van der Waals surface area contributed by atoms with Gasteiger partial charge >= 0.3 is 0 Å². The van der Waals surface area contributed by atoms with E-state index in [0.29, 0.717) is 17.0 Å². The summed E-state index contributed by atoms with van der Waals surface area (Å²) in [6.07, 6.45) is 2.99. The SMILES string of the molecule is CC/C(C)=C(Cl)/N=C(\C=C(/C)c1ccc(-c2ccc(C(C)C)nc2C(C)C)cc1)c1ccccc1. The highest BCUT2D eigenvalue weighted by atomic mass is 35.5. The summed E-state index contributed by atoms with van der Waals surface area (Å²) in [5.41, 5.74) is 9.97. The Hall–Kier alpha value is -2.97. The maximum absolute atomic E-state index is 6.52. The molecule has 0 fully saturated rings. The Bertz CT molecular complexity index is 1230. The highest BCUT2D eigenvalue weighted by molar-refractivity contribution is 6.31. The molecule has 0 unspecified atom stereocenters. The summed E-state index contributed by atoms with van der Waals surface area (Å²) in [7, 11) is 0. The fraction of sp³-hybridized carbons (Fsp3) is 0.312. The molecule has 1 aromatic heterocycles. The fourth-order valence-corrected chi connectivity index (χ4v) is 4.06. The van der Waals surface area contributed by atoms with E-state index < -0.39 is 0 Å². The number of halogens is 1. The fourth-order valence-electron chi connectivity index (χ4n) is 3.83. The van der Waals surface area contributed by atoms with Crippen molar-refractivity contribution in [1.29, 1.82) is 0 Å². The zero-order valence-electron chi connectivity index (χ0n) is 22.1. The van der Waals surface area contributed by atoms with E-state index in [2.05, 4.69) is 96.1 Å². The Balaban J connectivity index is 1.99. The normalized spacial score (nSPS) is 13.4. The minimum atomic E-state index is 0.360. The highest BCUT2D eigenvalue weighted by Gasteiger charge is 2.13. The summed E-state index contributed by atoms with van der Waals surface area (Å²) < 4.78 is 0. The van der Waals surface area contributed by atoms with E-state index in [1.54, 1.807) is 0 Å². The average molecular weight is 485 g/mol. The van der Waals surface area contributed by atoms with Crippen molar-refractivity contribution in [3.8, 4) is 11.1 Å². The van der Waals surface area contributed by atoms with Crippen LogP contribution in [0.5, 0.6) is 0 Å². The van der Waals surface area contributed by atoms with Crippen molar-refractivity contribution in [2.24, 2.45) is 4.99 Å². The van der Waals surface area contributed by atoms with Gasteiger partial charge in [0.2, 0.25) is 0 Å². The quantitative estimate of drug-likeness (QED) is 0.230. The number of rotatable bonds is 8. The largest absolute Gasteiger partial charge is 0.257 e. The Labute approximate surface area is 216 Å². The van der Waals surface area contributed by atoms with Crippen LogP contribution in [0.1, 0.15) is 89.2 Å². The highest BCUT2D eigenvalue weighted by Crippen LogP contribution is 2.31. The van der Waals surface area contributed by atoms with Crippen LogP contribution in [-0.2, 0) is 0 Å². The second kappa shape index (κ2) is 12.1. The molecule has 35 heavy (non-hydrogen) atoms. The number of pyridine rings is 1. The summed E-state index contributed by atoms with van der Waals surface area (Å²) in [5, 5.41) is 0.560. The third-order valence-corrected chi connectivity index (χ3v) is 6.67. The Morgan fingerprint density at radius 2 is 1.51 bits per heavy atom. The van der Waals surface area contributed by atoms with Crippen molar-refractivity contribution >= 4 is 22.9 Å². The van der Waals surface area contributed by atoms with Crippen LogP contribution in [0.3, 0.4) is 0 Å². The number of allylic oxidation sites excluding steroid dienone is 3. The molecule has 0 saturated carbocycles.